The Morgan fingerprint density at radius 2 is 1.76 bits per heavy atom. The van der Waals surface area contributed by atoms with E-state index in [0.29, 0.717) is 26.9 Å². The van der Waals surface area contributed by atoms with Gasteiger partial charge < -0.3 is 14.0 Å². The van der Waals surface area contributed by atoms with Gasteiger partial charge >= 0.3 is 5.97 Å². The molecule has 0 saturated heterocycles. The second-order valence-electron chi connectivity index (χ2n) is 7.12. The number of aromatic nitrogens is 1. The van der Waals surface area contributed by atoms with E-state index in [-0.39, 0.29) is 13.2 Å². The molecule has 3 aromatic carbocycles. The summed E-state index contributed by atoms with van der Waals surface area (Å²) < 4.78 is 13.6. The Hall–Kier alpha value is -3.42. The maximum Gasteiger partial charge on any atom is 0.326 e. The van der Waals surface area contributed by atoms with E-state index >= 15 is 0 Å². The number of ether oxygens (including phenoxy) is 2. The molecular formula is C25H21ClN2O4S. The Morgan fingerprint density at radius 3 is 2.52 bits per heavy atom. The van der Waals surface area contributed by atoms with Crippen molar-refractivity contribution in [3.05, 3.63) is 87.7 Å². The number of thiazole rings is 1. The van der Waals surface area contributed by atoms with Crippen LogP contribution in [0.4, 0.5) is 0 Å². The molecule has 0 N–H and O–H groups in total. The molecule has 0 aliphatic carbocycles. The third-order valence-corrected chi connectivity index (χ3v) is 6.36. The van der Waals surface area contributed by atoms with Gasteiger partial charge in [-0.3, -0.25) is 9.59 Å². The topological polar surface area (TPSA) is 69.9 Å². The summed E-state index contributed by atoms with van der Waals surface area (Å²) in [6, 6.07) is 19.8. The summed E-state index contributed by atoms with van der Waals surface area (Å²) in [5.41, 5.74) is 1.87. The van der Waals surface area contributed by atoms with Gasteiger partial charge in [0.05, 0.1) is 22.4 Å². The normalized spacial score (nSPS) is 11.5. The van der Waals surface area contributed by atoms with Crippen molar-refractivity contribution >= 4 is 45.0 Å². The third kappa shape index (κ3) is 4.99. The van der Waals surface area contributed by atoms with Crippen LogP contribution in [0.1, 0.15) is 22.8 Å². The lowest BCUT2D eigenvalue weighted by molar-refractivity contribution is -0.143. The number of benzene rings is 3. The fraction of sp³-hybridized carbons (Fsp3) is 0.160. The zero-order valence-electron chi connectivity index (χ0n) is 18.1. The SMILES string of the molecule is CCOC(=O)Cn1c(=NC(=O)c2ccccc2Oc2ccccc2)sc2ccc(Cl)c(C)c21. The van der Waals surface area contributed by atoms with Crippen molar-refractivity contribution in [3.63, 3.8) is 0 Å². The van der Waals surface area contributed by atoms with Gasteiger partial charge in [0.15, 0.2) is 4.80 Å². The first-order valence-electron chi connectivity index (χ1n) is 10.3. The Balaban J connectivity index is 1.80. The van der Waals surface area contributed by atoms with Crippen LogP contribution in [0.3, 0.4) is 0 Å². The average molecular weight is 481 g/mol. The number of rotatable bonds is 6. The third-order valence-electron chi connectivity index (χ3n) is 4.91. The Bertz CT molecular complexity index is 1390. The number of amides is 1. The molecule has 4 aromatic rings. The van der Waals surface area contributed by atoms with Crippen LogP contribution in [0.25, 0.3) is 10.2 Å². The van der Waals surface area contributed by atoms with Crippen LogP contribution in [0.2, 0.25) is 5.02 Å². The molecule has 0 fully saturated rings. The number of halogens is 1. The summed E-state index contributed by atoms with van der Waals surface area (Å²) in [7, 11) is 0. The zero-order valence-corrected chi connectivity index (χ0v) is 19.7. The van der Waals surface area contributed by atoms with Gasteiger partial charge in [-0.05, 0) is 55.8 Å². The Morgan fingerprint density at radius 1 is 1.03 bits per heavy atom. The van der Waals surface area contributed by atoms with Crippen LogP contribution in [-0.4, -0.2) is 23.1 Å². The van der Waals surface area contributed by atoms with Crippen molar-refractivity contribution in [1.82, 2.24) is 4.57 Å². The largest absolute Gasteiger partial charge is 0.465 e. The maximum atomic E-state index is 13.2. The summed E-state index contributed by atoms with van der Waals surface area (Å²) in [4.78, 5) is 30.3. The van der Waals surface area contributed by atoms with Crippen molar-refractivity contribution < 1.29 is 19.1 Å². The molecule has 1 amide bonds. The van der Waals surface area contributed by atoms with E-state index in [9.17, 15) is 9.59 Å². The first-order valence-corrected chi connectivity index (χ1v) is 11.5. The first-order chi connectivity index (χ1) is 16.0. The molecule has 1 aromatic heterocycles. The quantitative estimate of drug-likeness (QED) is 0.329. The van der Waals surface area contributed by atoms with E-state index in [1.165, 1.54) is 11.3 Å². The van der Waals surface area contributed by atoms with E-state index in [2.05, 4.69) is 4.99 Å². The number of esters is 1. The number of para-hydroxylation sites is 2. The molecule has 1 heterocycles. The Labute approximate surface area is 199 Å². The summed E-state index contributed by atoms with van der Waals surface area (Å²) in [6.07, 6.45) is 0. The molecule has 0 atom stereocenters. The van der Waals surface area contributed by atoms with Gasteiger partial charge in [-0.25, -0.2) is 0 Å². The minimum Gasteiger partial charge on any atom is -0.465 e. The molecule has 0 spiro atoms. The second-order valence-corrected chi connectivity index (χ2v) is 8.54. The monoisotopic (exact) mass is 480 g/mol. The van der Waals surface area contributed by atoms with Crippen molar-refractivity contribution in [2.75, 3.05) is 6.61 Å². The highest BCUT2D eigenvalue weighted by atomic mass is 35.5. The van der Waals surface area contributed by atoms with Crippen LogP contribution in [0.15, 0.2) is 71.7 Å². The molecular weight excluding hydrogens is 460 g/mol. The summed E-state index contributed by atoms with van der Waals surface area (Å²) in [6.45, 7) is 3.79. The van der Waals surface area contributed by atoms with Crippen molar-refractivity contribution in [2.45, 2.75) is 20.4 Å². The number of nitrogens with zero attached hydrogens (tertiary/aromatic N) is 2. The minimum atomic E-state index is -0.477. The number of hydrogen-bond acceptors (Lipinski definition) is 5. The fourth-order valence-electron chi connectivity index (χ4n) is 3.38. The van der Waals surface area contributed by atoms with Gasteiger partial charge in [0.1, 0.15) is 18.0 Å². The molecule has 0 radical (unpaired) electrons. The Kier molecular flexibility index (Phi) is 6.91. The van der Waals surface area contributed by atoms with Crippen LogP contribution in [-0.2, 0) is 16.1 Å². The molecule has 6 nitrogen and oxygen atoms in total. The lowest BCUT2D eigenvalue weighted by Gasteiger charge is -2.09. The fourth-order valence-corrected chi connectivity index (χ4v) is 4.62. The predicted molar refractivity (Wildman–Crippen MR) is 129 cm³/mol. The second kappa shape index (κ2) is 10.0. The molecule has 0 bridgehead atoms. The van der Waals surface area contributed by atoms with E-state index in [1.54, 1.807) is 41.8 Å². The van der Waals surface area contributed by atoms with Crippen LogP contribution in [0, 0.1) is 6.92 Å². The van der Waals surface area contributed by atoms with Gasteiger partial charge in [-0.1, -0.05) is 53.3 Å². The minimum absolute atomic E-state index is 0.0801. The van der Waals surface area contributed by atoms with Gasteiger partial charge in [0.2, 0.25) is 0 Å². The van der Waals surface area contributed by atoms with Crippen molar-refractivity contribution in [2.24, 2.45) is 4.99 Å². The number of aryl methyl sites for hydroxylation is 1. The van der Waals surface area contributed by atoms with Crippen LogP contribution < -0.4 is 9.54 Å². The molecule has 0 aliphatic heterocycles. The highest BCUT2D eigenvalue weighted by molar-refractivity contribution is 7.16. The van der Waals surface area contributed by atoms with Gasteiger partial charge in [-0.2, -0.15) is 4.99 Å². The zero-order chi connectivity index (χ0) is 23.4. The highest BCUT2D eigenvalue weighted by Gasteiger charge is 2.17. The molecule has 0 aliphatic rings. The summed E-state index contributed by atoms with van der Waals surface area (Å²) in [5.74, 6) is 0.115. The van der Waals surface area contributed by atoms with Crippen LogP contribution >= 0.6 is 22.9 Å². The molecule has 0 saturated carbocycles. The summed E-state index contributed by atoms with van der Waals surface area (Å²) >= 11 is 7.63. The molecule has 168 valence electrons. The standard InChI is InChI=1S/C25H21ClN2O4S/c1-3-31-22(29)15-28-23-16(2)19(26)13-14-21(23)33-25(28)27-24(30)18-11-7-8-12-20(18)32-17-9-5-4-6-10-17/h4-14H,3,15H2,1-2H3. The first kappa shape index (κ1) is 22.8. The number of hydrogen-bond donors (Lipinski definition) is 0. The van der Waals surface area contributed by atoms with Crippen molar-refractivity contribution in [3.8, 4) is 11.5 Å². The van der Waals surface area contributed by atoms with Gasteiger partial charge in [0.25, 0.3) is 5.91 Å². The van der Waals surface area contributed by atoms with Gasteiger partial charge in [0, 0.05) is 5.02 Å². The smallest absolute Gasteiger partial charge is 0.326 e. The molecule has 4 rings (SSSR count). The highest BCUT2D eigenvalue weighted by Crippen LogP contribution is 2.28. The van der Waals surface area contributed by atoms with E-state index in [4.69, 9.17) is 21.1 Å². The number of fused-ring (bicyclic) bond motifs is 1. The maximum absolute atomic E-state index is 13.2. The molecule has 33 heavy (non-hydrogen) atoms. The number of carbonyl (C=O) groups is 2. The lowest BCUT2D eigenvalue weighted by Crippen LogP contribution is -2.23. The number of carbonyl (C=O) groups excluding carboxylic acids is 2. The van der Waals surface area contributed by atoms with Crippen LogP contribution in [0.5, 0.6) is 11.5 Å². The molecule has 8 heteroatoms. The van der Waals surface area contributed by atoms with Gasteiger partial charge in [-0.15, -0.1) is 0 Å². The van der Waals surface area contributed by atoms with E-state index < -0.39 is 11.9 Å². The lowest BCUT2D eigenvalue weighted by atomic mass is 10.2. The predicted octanol–water partition coefficient (Wildman–Crippen LogP) is 5.76. The summed E-state index contributed by atoms with van der Waals surface area (Å²) in [5, 5.41) is 0.567. The average Bonchev–Trinajstić information content (AvgIpc) is 3.14. The van der Waals surface area contributed by atoms with E-state index in [0.717, 1.165) is 15.8 Å². The molecule has 0 unspecified atom stereocenters. The van der Waals surface area contributed by atoms with E-state index in [1.807, 2.05) is 43.3 Å². The van der Waals surface area contributed by atoms with Crippen molar-refractivity contribution in [1.29, 1.82) is 0 Å².